The van der Waals surface area contributed by atoms with Gasteiger partial charge in [0.1, 0.15) is 44.5 Å². The number of aromatic carboxylic acids is 1. The van der Waals surface area contributed by atoms with Crippen molar-refractivity contribution >= 4 is 81.3 Å². The number of thiazole rings is 2. The van der Waals surface area contributed by atoms with Crippen LogP contribution < -0.4 is 32.3 Å². The smallest absolute Gasteiger partial charge is 0.407 e. The maximum Gasteiger partial charge on any atom is 0.407 e. The molecule has 0 aliphatic rings. The Morgan fingerprint density at radius 3 is 1.51 bits per heavy atom. The van der Waals surface area contributed by atoms with Crippen molar-refractivity contribution in [3.63, 3.8) is 0 Å². The molecule has 3 amide bonds. The molecule has 0 aliphatic heterocycles. The van der Waals surface area contributed by atoms with Crippen molar-refractivity contribution in [2.45, 2.75) is 91.5 Å². The number of alkyl carbamates (subject to hydrolysis) is 2. The van der Waals surface area contributed by atoms with E-state index < -0.39 is 59.3 Å². The fraction of sp³-hybridized carbons (Fsp3) is 0.455. The van der Waals surface area contributed by atoms with Gasteiger partial charge in [-0.3, -0.25) is 9.59 Å². The maximum atomic E-state index is 12.8. The molecule has 2 aromatic heterocycles. The number of esters is 2. The number of hydrogen-bond acceptors (Lipinski definition) is 19. The molecule has 0 bridgehead atoms. The number of carbonyl (C=O) groups excluding carboxylic acids is 5. The fourth-order valence-corrected chi connectivity index (χ4v) is 6.93. The Morgan fingerprint density at radius 1 is 0.691 bits per heavy atom. The van der Waals surface area contributed by atoms with Crippen LogP contribution in [0.25, 0.3) is 0 Å². The van der Waals surface area contributed by atoms with Gasteiger partial charge in [0, 0.05) is 19.6 Å². The number of nitrogens with zero attached hydrogens (tertiary/aromatic N) is 2. The number of nitrogens with one attached hydrogen (secondary N) is 5. The molecule has 24 heteroatoms. The number of carbonyl (C=O) groups is 6. The molecule has 10 N–H and O–H groups in total. The average Bonchev–Trinajstić information content (AvgIpc) is 3.81. The van der Waals surface area contributed by atoms with Gasteiger partial charge in [0.25, 0.3) is 5.91 Å². The van der Waals surface area contributed by atoms with E-state index in [0.717, 1.165) is 40.2 Å². The van der Waals surface area contributed by atoms with Crippen molar-refractivity contribution in [3.05, 3.63) is 80.8 Å². The Bertz CT molecular complexity index is 2280. The highest BCUT2D eigenvalue weighted by Crippen LogP contribution is 2.24. The largest absolute Gasteiger partial charge is 0.508 e. The van der Waals surface area contributed by atoms with E-state index in [4.69, 9.17) is 25.1 Å². The van der Waals surface area contributed by atoms with Crippen molar-refractivity contribution in [1.29, 1.82) is 0 Å². The molecule has 0 saturated heterocycles. The molecule has 2 heterocycles. The first-order valence-corrected chi connectivity index (χ1v) is 22.3. The number of phenols is 2. The van der Waals surface area contributed by atoms with Gasteiger partial charge in [0.05, 0.1) is 32.2 Å². The van der Waals surface area contributed by atoms with Gasteiger partial charge in [0.15, 0.2) is 10.3 Å². The topological polar surface area (TPSA) is 312 Å². The van der Waals surface area contributed by atoms with E-state index in [0.29, 0.717) is 46.0 Å². The molecule has 68 heavy (non-hydrogen) atoms. The number of hydrogen-bond donors (Lipinski definition) is 9. The number of aryl methyl sites for hydroxylation is 2. The lowest BCUT2D eigenvalue weighted by molar-refractivity contribution is -0.143. The molecule has 0 spiro atoms. The minimum absolute atomic E-state index is 0. The second kappa shape index (κ2) is 28.7. The molecule has 0 radical (unpaired) electrons. The van der Waals surface area contributed by atoms with Crippen molar-refractivity contribution < 1.29 is 63.0 Å². The van der Waals surface area contributed by atoms with E-state index in [2.05, 4.69) is 41.3 Å². The van der Waals surface area contributed by atoms with E-state index in [-0.39, 0.29) is 41.9 Å². The summed E-state index contributed by atoms with van der Waals surface area (Å²) in [6.07, 6.45) is 0.0739. The molecule has 0 aliphatic carbocycles. The number of ether oxygens (including phenoxy) is 4. The zero-order valence-electron chi connectivity index (χ0n) is 39.6. The number of halogens is 1. The minimum atomic E-state index is -1.10. The van der Waals surface area contributed by atoms with E-state index in [1.165, 1.54) is 14.2 Å². The molecule has 0 saturated carbocycles. The van der Waals surface area contributed by atoms with E-state index in [1.54, 1.807) is 91.8 Å². The summed E-state index contributed by atoms with van der Waals surface area (Å²) in [6, 6.07) is 12.1. The second-order valence-corrected chi connectivity index (χ2v) is 18.3. The third-order valence-corrected chi connectivity index (χ3v) is 10.4. The maximum absolute atomic E-state index is 12.8. The summed E-state index contributed by atoms with van der Waals surface area (Å²) in [5.41, 5.74) is 7.13. The lowest BCUT2D eigenvalue weighted by atomic mass is 10.1. The number of nitrogens with two attached hydrogens (primary N) is 1. The van der Waals surface area contributed by atoms with Gasteiger partial charge in [-0.25, -0.2) is 29.1 Å². The molecule has 2 aromatic carbocycles. The van der Waals surface area contributed by atoms with Crippen LogP contribution >= 0.6 is 35.1 Å². The van der Waals surface area contributed by atoms with Crippen LogP contribution in [0.5, 0.6) is 11.5 Å². The molecule has 0 fully saturated rings. The standard InChI is InChI=1S/C22H30N4O6S.C13H14N2O3S.C9H18N2O4.ClH/c1-13-17(33-20(25-13)23-10-9-14-7-6-8-15(27)11-14)18(28)26-16(19(29)31-5)12-24-21(30)32-22(2,3)4;1-8-11(12(17)18)19-13(15-8)14-6-5-9-3-2-4-10(16)7-9;1-9(2,3)15-8(13)11-5-6(10)7(12)14-4;/h6-8,11,16,27H,9-10,12H2,1-5H3,(H,23,25)(H,24,30)(H,26,28);2-4,7,16H,5-6H2,1H3,(H,14,15)(H,17,18);6H,5,10H2,1-4H3,(H,11,13);1H/t16-;;6-;/m0.0./s1. The Labute approximate surface area is 409 Å². The molecule has 376 valence electrons. The van der Waals surface area contributed by atoms with Gasteiger partial charge >= 0.3 is 30.1 Å². The highest BCUT2D eigenvalue weighted by molar-refractivity contribution is 7.17. The number of benzene rings is 2. The quantitative estimate of drug-likeness (QED) is 0.0462. The van der Waals surface area contributed by atoms with E-state index in [9.17, 15) is 39.0 Å². The first kappa shape index (κ1) is 59.6. The summed E-state index contributed by atoms with van der Waals surface area (Å²) < 4.78 is 19.2. The summed E-state index contributed by atoms with van der Waals surface area (Å²) in [5, 5.41) is 42.6. The zero-order chi connectivity index (χ0) is 50.5. The van der Waals surface area contributed by atoms with Crippen LogP contribution in [0.2, 0.25) is 0 Å². The number of carboxylic acids is 1. The number of aromatic hydroxyl groups is 2. The highest BCUT2D eigenvalue weighted by atomic mass is 35.5. The predicted octanol–water partition coefficient (Wildman–Crippen LogP) is 5.55. The van der Waals surface area contributed by atoms with Gasteiger partial charge in [-0.05, 0) is 104 Å². The Kier molecular flexibility index (Phi) is 25.1. The monoisotopic (exact) mass is 1010 g/mol. The van der Waals surface area contributed by atoms with Gasteiger partial charge < -0.3 is 66.6 Å². The van der Waals surface area contributed by atoms with Gasteiger partial charge in [-0.2, -0.15) is 0 Å². The number of phenolic OH excluding ortho intramolecular Hbond substituents is 2. The van der Waals surface area contributed by atoms with Crippen molar-refractivity contribution in [2.24, 2.45) is 5.73 Å². The van der Waals surface area contributed by atoms with Gasteiger partial charge in [-0.15, -0.1) is 12.4 Å². The zero-order valence-corrected chi connectivity index (χ0v) is 42.1. The second-order valence-electron chi connectivity index (χ2n) is 16.3. The fourth-order valence-electron chi connectivity index (χ4n) is 5.21. The van der Waals surface area contributed by atoms with E-state index in [1.807, 2.05) is 12.1 Å². The predicted molar refractivity (Wildman–Crippen MR) is 260 cm³/mol. The third kappa shape index (κ3) is 23.3. The Balaban J connectivity index is 0.000000559. The van der Waals surface area contributed by atoms with Crippen LogP contribution in [-0.4, -0.2) is 125 Å². The first-order chi connectivity index (χ1) is 31.3. The molecule has 21 nitrogen and oxygen atoms in total. The molecular formula is C44H63ClN8O13S2. The number of rotatable bonds is 17. The molecule has 2 atom stereocenters. The van der Waals surface area contributed by atoms with Crippen molar-refractivity contribution in [1.82, 2.24) is 25.9 Å². The van der Waals surface area contributed by atoms with Crippen molar-refractivity contribution in [3.8, 4) is 11.5 Å². The van der Waals surface area contributed by atoms with Crippen LogP contribution in [-0.2, 0) is 41.4 Å². The molecule has 0 unspecified atom stereocenters. The normalized spacial score (nSPS) is 11.5. The number of aromatic nitrogens is 2. The number of anilines is 2. The minimum Gasteiger partial charge on any atom is -0.508 e. The first-order valence-electron chi connectivity index (χ1n) is 20.7. The lowest BCUT2D eigenvalue weighted by Gasteiger charge is -2.21. The molecule has 4 aromatic rings. The lowest BCUT2D eigenvalue weighted by Crippen LogP contribution is -2.49. The Morgan fingerprint density at radius 2 is 1.12 bits per heavy atom. The average molecular weight is 1010 g/mol. The third-order valence-electron chi connectivity index (χ3n) is 8.20. The van der Waals surface area contributed by atoms with Crippen LogP contribution in [0.1, 0.15) is 83.4 Å². The van der Waals surface area contributed by atoms with Crippen LogP contribution in [0, 0.1) is 13.8 Å². The number of amides is 3. The SMILES string of the molecule is COC(=O)[C@@H](N)CNC(=O)OC(C)(C)C.COC(=O)[C@H](CNC(=O)OC(C)(C)C)NC(=O)c1sc(NCCc2cccc(O)c2)nc1C.Cc1nc(NCCc2cccc(O)c2)sc1C(=O)O.Cl. The molecular weight excluding hydrogens is 948 g/mol. The number of carboxylic acid groups (broad SMARTS) is 1. The van der Waals surface area contributed by atoms with Crippen LogP contribution in [0.4, 0.5) is 19.9 Å². The van der Waals surface area contributed by atoms with E-state index >= 15 is 0 Å². The summed E-state index contributed by atoms with van der Waals surface area (Å²) in [5.74, 6) is -2.28. The Hall–Kier alpha value is -6.43. The summed E-state index contributed by atoms with van der Waals surface area (Å²) in [4.78, 5) is 78.7. The number of methoxy groups -OCH3 is 2. The van der Waals surface area contributed by atoms with Gasteiger partial charge in [0.2, 0.25) is 0 Å². The summed E-state index contributed by atoms with van der Waals surface area (Å²) in [7, 11) is 2.43. The van der Waals surface area contributed by atoms with Crippen LogP contribution in [0.15, 0.2) is 48.5 Å². The summed E-state index contributed by atoms with van der Waals surface area (Å²) >= 11 is 2.29. The van der Waals surface area contributed by atoms with Gasteiger partial charge in [-0.1, -0.05) is 46.9 Å². The molecule has 4 rings (SSSR count). The van der Waals surface area contributed by atoms with Crippen LogP contribution in [0.3, 0.4) is 0 Å². The summed E-state index contributed by atoms with van der Waals surface area (Å²) in [6.45, 7) is 14.7. The highest BCUT2D eigenvalue weighted by Gasteiger charge is 2.27. The van der Waals surface area contributed by atoms with Crippen molar-refractivity contribution in [2.75, 3.05) is 51.0 Å².